The largest absolute Gasteiger partial charge is 0.393 e. The van der Waals surface area contributed by atoms with E-state index in [0.717, 1.165) is 19.3 Å². The van der Waals surface area contributed by atoms with Crippen LogP contribution in [0.3, 0.4) is 0 Å². The van der Waals surface area contributed by atoms with Crippen LogP contribution in [0.25, 0.3) is 0 Å². The Balaban J connectivity index is 1.99. The van der Waals surface area contributed by atoms with Crippen molar-refractivity contribution in [3.8, 4) is 0 Å². The molecule has 0 radical (unpaired) electrons. The Morgan fingerprint density at radius 2 is 2.15 bits per heavy atom. The van der Waals surface area contributed by atoms with Crippen molar-refractivity contribution in [2.45, 2.75) is 38.2 Å². The minimum Gasteiger partial charge on any atom is -0.393 e. The van der Waals surface area contributed by atoms with Crippen LogP contribution in [0.4, 0.5) is 8.78 Å². The maximum absolute atomic E-state index is 11.6. The van der Waals surface area contributed by atoms with Crippen molar-refractivity contribution in [3.63, 3.8) is 0 Å². The zero-order chi connectivity index (χ0) is 9.68. The lowest BCUT2D eigenvalue weighted by atomic mass is 10.0. The van der Waals surface area contributed by atoms with E-state index < -0.39 is 13.0 Å². The average Bonchev–Trinajstić information content (AvgIpc) is 2.45. The summed E-state index contributed by atoms with van der Waals surface area (Å²) in [6.07, 6.45) is 0.969. The van der Waals surface area contributed by atoms with Crippen LogP contribution >= 0.6 is 0 Å². The zero-order valence-corrected chi connectivity index (χ0v) is 7.59. The van der Waals surface area contributed by atoms with Gasteiger partial charge in [0.2, 0.25) is 0 Å². The van der Waals surface area contributed by atoms with Gasteiger partial charge in [0.15, 0.2) is 0 Å². The summed E-state index contributed by atoms with van der Waals surface area (Å²) in [6, 6.07) is 0. The number of hydrogen-bond donors (Lipinski definition) is 1. The second-order valence-corrected chi connectivity index (χ2v) is 3.51. The van der Waals surface area contributed by atoms with Crippen LogP contribution in [0, 0.1) is 5.92 Å². The summed E-state index contributed by atoms with van der Waals surface area (Å²) in [5.41, 5.74) is 0. The lowest BCUT2D eigenvalue weighted by molar-refractivity contribution is 0.00728. The maximum Gasteiger partial charge on any atom is 0.261 e. The highest BCUT2D eigenvalue weighted by Crippen LogP contribution is 2.27. The van der Waals surface area contributed by atoms with E-state index in [4.69, 9.17) is 4.74 Å². The van der Waals surface area contributed by atoms with Gasteiger partial charge >= 0.3 is 0 Å². The predicted octanol–water partition coefficient (Wildman–Crippen LogP) is 1.82. The molecule has 1 saturated carbocycles. The van der Waals surface area contributed by atoms with Gasteiger partial charge in [0.25, 0.3) is 6.43 Å². The smallest absolute Gasteiger partial charge is 0.261 e. The van der Waals surface area contributed by atoms with Crippen LogP contribution in [-0.4, -0.2) is 30.8 Å². The molecule has 0 aromatic rings. The number of alkyl halides is 2. The highest BCUT2D eigenvalue weighted by atomic mass is 19.3. The van der Waals surface area contributed by atoms with E-state index in [2.05, 4.69) is 0 Å². The second kappa shape index (κ2) is 5.50. The van der Waals surface area contributed by atoms with Gasteiger partial charge in [0.1, 0.15) is 6.61 Å². The standard InChI is InChI=1S/C9H16F2O2/c10-9(11)6-13-5-4-7-2-1-3-8(7)12/h7-9,12H,1-6H2. The fourth-order valence-electron chi connectivity index (χ4n) is 1.76. The van der Waals surface area contributed by atoms with Gasteiger partial charge in [0, 0.05) is 6.61 Å². The second-order valence-electron chi connectivity index (χ2n) is 3.51. The first-order chi connectivity index (χ1) is 6.20. The van der Waals surface area contributed by atoms with Gasteiger partial charge in [-0.3, -0.25) is 0 Å². The molecule has 78 valence electrons. The predicted molar refractivity (Wildman–Crippen MR) is 44.8 cm³/mol. The molecule has 0 amide bonds. The van der Waals surface area contributed by atoms with Gasteiger partial charge in [0.05, 0.1) is 6.10 Å². The first-order valence-electron chi connectivity index (χ1n) is 4.74. The summed E-state index contributed by atoms with van der Waals surface area (Å²) < 4.78 is 28.0. The summed E-state index contributed by atoms with van der Waals surface area (Å²) in [4.78, 5) is 0. The summed E-state index contributed by atoms with van der Waals surface area (Å²) in [5, 5.41) is 9.39. The molecule has 1 aliphatic rings. The average molecular weight is 194 g/mol. The van der Waals surface area contributed by atoms with E-state index in [1.807, 2.05) is 0 Å². The minimum atomic E-state index is -2.38. The van der Waals surface area contributed by atoms with Crippen LogP contribution in [0.1, 0.15) is 25.7 Å². The highest BCUT2D eigenvalue weighted by Gasteiger charge is 2.24. The number of aliphatic hydroxyl groups is 1. The Hall–Kier alpha value is -0.220. The molecule has 1 fully saturated rings. The number of ether oxygens (including phenoxy) is 1. The van der Waals surface area contributed by atoms with Crippen molar-refractivity contribution in [1.82, 2.24) is 0 Å². The van der Waals surface area contributed by atoms with E-state index in [-0.39, 0.29) is 12.0 Å². The molecule has 0 bridgehead atoms. The molecule has 0 aromatic carbocycles. The maximum atomic E-state index is 11.6. The SMILES string of the molecule is OC1CCCC1CCOCC(F)F. The highest BCUT2D eigenvalue weighted by molar-refractivity contribution is 4.76. The first-order valence-corrected chi connectivity index (χ1v) is 4.74. The molecule has 0 heterocycles. The molecule has 2 unspecified atom stereocenters. The fraction of sp³-hybridized carbons (Fsp3) is 1.00. The van der Waals surface area contributed by atoms with Crippen molar-refractivity contribution >= 4 is 0 Å². The Morgan fingerprint density at radius 3 is 2.69 bits per heavy atom. The van der Waals surface area contributed by atoms with Gasteiger partial charge in [-0.05, 0) is 25.2 Å². The molecule has 1 aliphatic carbocycles. The quantitative estimate of drug-likeness (QED) is 0.676. The monoisotopic (exact) mass is 194 g/mol. The van der Waals surface area contributed by atoms with Crippen LogP contribution < -0.4 is 0 Å². The van der Waals surface area contributed by atoms with Crippen LogP contribution in [-0.2, 0) is 4.74 Å². The summed E-state index contributed by atoms with van der Waals surface area (Å²) in [6.45, 7) is -0.144. The molecule has 0 saturated heterocycles. The van der Waals surface area contributed by atoms with E-state index in [0.29, 0.717) is 13.0 Å². The van der Waals surface area contributed by atoms with Gasteiger partial charge in [-0.1, -0.05) is 6.42 Å². The van der Waals surface area contributed by atoms with Gasteiger partial charge in [-0.25, -0.2) is 8.78 Å². The van der Waals surface area contributed by atoms with Crippen molar-refractivity contribution < 1.29 is 18.6 Å². The van der Waals surface area contributed by atoms with Gasteiger partial charge in [-0.2, -0.15) is 0 Å². The normalized spacial score (nSPS) is 28.6. The summed E-state index contributed by atoms with van der Waals surface area (Å²) in [7, 11) is 0. The molecule has 1 rings (SSSR count). The molecule has 2 nitrogen and oxygen atoms in total. The van der Waals surface area contributed by atoms with Crippen molar-refractivity contribution in [1.29, 1.82) is 0 Å². The third-order valence-corrected chi connectivity index (χ3v) is 2.50. The first kappa shape index (κ1) is 10.9. The Kier molecular flexibility index (Phi) is 4.59. The van der Waals surface area contributed by atoms with Crippen LogP contribution in [0.2, 0.25) is 0 Å². The van der Waals surface area contributed by atoms with Gasteiger partial charge in [-0.15, -0.1) is 0 Å². The van der Waals surface area contributed by atoms with E-state index in [1.54, 1.807) is 0 Å². The topological polar surface area (TPSA) is 29.5 Å². The lowest BCUT2D eigenvalue weighted by Gasteiger charge is -2.13. The Bertz CT molecular complexity index is 142. The lowest BCUT2D eigenvalue weighted by Crippen LogP contribution is -2.16. The third-order valence-electron chi connectivity index (χ3n) is 2.50. The van der Waals surface area contributed by atoms with Gasteiger partial charge < -0.3 is 9.84 Å². The molecule has 2 atom stereocenters. The van der Waals surface area contributed by atoms with E-state index in [9.17, 15) is 13.9 Å². The number of aliphatic hydroxyl groups excluding tert-OH is 1. The number of rotatable bonds is 5. The van der Waals surface area contributed by atoms with Crippen molar-refractivity contribution in [2.75, 3.05) is 13.2 Å². The summed E-state index contributed by atoms with van der Waals surface area (Å²) in [5.74, 6) is 0.262. The third kappa shape index (κ3) is 4.00. The zero-order valence-electron chi connectivity index (χ0n) is 7.59. The molecule has 0 aliphatic heterocycles. The molecule has 4 heteroatoms. The Morgan fingerprint density at radius 1 is 1.38 bits per heavy atom. The minimum absolute atomic E-state index is 0.241. The van der Waals surface area contributed by atoms with E-state index in [1.165, 1.54) is 0 Å². The van der Waals surface area contributed by atoms with E-state index >= 15 is 0 Å². The summed E-state index contributed by atoms with van der Waals surface area (Å²) >= 11 is 0. The van der Waals surface area contributed by atoms with Crippen LogP contribution in [0.15, 0.2) is 0 Å². The fourth-order valence-corrected chi connectivity index (χ4v) is 1.76. The Labute approximate surface area is 76.9 Å². The molecular weight excluding hydrogens is 178 g/mol. The number of halogens is 2. The van der Waals surface area contributed by atoms with Crippen molar-refractivity contribution in [2.24, 2.45) is 5.92 Å². The molecule has 1 N–H and O–H groups in total. The molecule has 0 spiro atoms. The van der Waals surface area contributed by atoms with Crippen molar-refractivity contribution in [3.05, 3.63) is 0 Å². The van der Waals surface area contributed by atoms with Crippen LogP contribution in [0.5, 0.6) is 0 Å². The number of hydrogen-bond acceptors (Lipinski definition) is 2. The molecule has 0 aromatic heterocycles. The molecular formula is C9H16F2O2. The molecule has 13 heavy (non-hydrogen) atoms.